The molecule has 0 aliphatic rings. The highest BCUT2D eigenvalue weighted by atomic mass is 32.1. The highest BCUT2D eigenvalue weighted by Crippen LogP contribution is 2.04. The van der Waals surface area contributed by atoms with E-state index in [0.29, 0.717) is 13.0 Å². The molecule has 0 aromatic carbocycles. The lowest BCUT2D eigenvalue weighted by Crippen LogP contribution is -2.38. The van der Waals surface area contributed by atoms with Gasteiger partial charge in [0.25, 0.3) is 0 Å². The van der Waals surface area contributed by atoms with Crippen molar-refractivity contribution in [3.63, 3.8) is 0 Å². The van der Waals surface area contributed by atoms with Gasteiger partial charge >= 0.3 is 0 Å². The fraction of sp³-hybridized carbons (Fsp3) is 0.538. The van der Waals surface area contributed by atoms with Gasteiger partial charge in [-0.2, -0.15) is 11.3 Å². The standard InChI is InChI=1S/C13H22N4OS/c1-3-6-15-12(18)4-7-16-13(14-2)17-9-11-5-8-19-10-11/h5,8,10H,3-4,6-7,9H2,1-2H3,(H,15,18)(H2,14,16,17). The van der Waals surface area contributed by atoms with Gasteiger partial charge in [0.05, 0.1) is 0 Å². The maximum absolute atomic E-state index is 11.4. The van der Waals surface area contributed by atoms with Crippen molar-refractivity contribution >= 4 is 23.2 Å². The first-order chi connectivity index (χ1) is 9.26. The second-order valence-electron chi connectivity index (χ2n) is 4.08. The van der Waals surface area contributed by atoms with Crippen LogP contribution in [-0.4, -0.2) is 32.0 Å². The molecule has 0 bridgehead atoms. The van der Waals surface area contributed by atoms with Gasteiger partial charge in [0, 0.05) is 33.1 Å². The lowest BCUT2D eigenvalue weighted by Gasteiger charge is -2.11. The normalized spacial score (nSPS) is 11.2. The van der Waals surface area contributed by atoms with Crippen LogP contribution >= 0.6 is 11.3 Å². The third-order valence-corrected chi connectivity index (χ3v) is 3.21. The molecule has 0 saturated heterocycles. The number of nitrogens with zero attached hydrogens (tertiary/aromatic N) is 1. The number of rotatable bonds is 7. The van der Waals surface area contributed by atoms with Gasteiger partial charge in [-0.05, 0) is 28.8 Å². The largest absolute Gasteiger partial charge is 0.356 e. The van der Waals surface area contributed by atoms with Crippen LogP contribution in [0, 0.1) is 0 Å². The fourth-order valence-corrected chi connectivity index (χ4v) is 2.12. The Balaban J connectivity index is 2.17. The Morgan fingerprint density at radius 2 is 2.16 bits per heavy atom. The molecule has 0 radical (unpaired) electrons. The van der Waals surface area contributed by atoms with Crippen LogP contribution in [0.15, 0.2) is 21.8 Å². The fourth-order valence-electron chi connectivity index (χ4n) is 1.45. The van der Waals surface area contributed by atoms with E-state index in [1.807, 2.05) is 12.3 Å². The van der Waals surface area contributed by atoms with Crippen LogP contribution in [0.5, 0.6) is 0 Å². The summed E-state index contributed by atoms with van der Waals surface area (Å²) in [4.78, 5) is 15.5. The zero-order valence-electron chi connectivity index (χ0n) is 11.5. The molecule has 0 aliphatic carbocycles. The molecule has 0 atom stereocenters. The van der Waals surface area contributed by atoms with E-state index in [4.69, 9.17) is 0 Å². The molecule has 1 amide bonds. The number of nitrogens with one attached hydrogen (secondary N) is 3. The summed E-state index contributed by atoms with van der Waals surface area (Å²) in [6, 6.07) is 2.07. The zero-order valence-corrected chi connectivity index (χ0v) is 12.3. The summed E-state index contributed by atoms with van der Waals surface area (Å²) in [5.74, 6) is 0.789. The summed E-state index contributed by atoms with van der Waals surface area (Å²) in [6.45, 7) is 4.10. The van der Waals surface area contributed by atoms with E-state index in [-0.39, 0.29) is 5.91 Å². The number of hydrogen-bond acceptors (Lipinski definition) is 3. The second kappa shape index (κ2) is 9.38. The van der Waals surface area contributed by atoms with Gasteiger partial charge in [-0.25, -0.2) is 0 Å². The topological polar surface area (TPSA) is 65.5 Å². The SMILES string of the molecule is CCCNC(=O)CCNC(=NC)NCc1ccsc1. The van der Waals surface area contributed by atoms with Gasteiger partial charge in [0.1, 0.15) is 0 Å². The number of carbonyl (C=O) groups excluding carboxylic acids is 1. The molecule has 0 aliphatic heterocycles. The van der Waals surface area contributed by atoms with Gasteiger partial charge in [0.2, 0.25) is 5.91 Å². The van der Waals surface area contributed by atoms with Crippen LogP contribution in [-0.2, 0) is 11.3 Å². The maximum atomic E-state index is 11.4. The van der Waals surface area contributed by atoms with Crippen LogP contribution in [0.25, 0.3) is 0 Å². The molecule has 1 rings (SSSR count). The molecule has 0 unspecified atom stereocenters. The van der Waals surface area contributed by atoms with Crippen LogP contribution in [0.1, 0.15) is 25.3 Å². The van der Waals surface area contributed by atoms with Gasteiger partial charge in [-0.3, -0.25) is 9.79 Å². The van der Waals surface area contributed by atoms with Crippen molar-refractivity contribution in [2.45, 2.75) is 26.3 Å². The van der Waals surface area contributed by atoms with Gasteiger partial charge in [-0.1, -0.05) is 6.92 Å². The number of hydrogen-bond donors (Lipinski definition) is 3. The van der Waals surface area contributed by atoms with E-state index < -0.39 is 0 Å². The molecule has 3 N–H and O–H groups in total. The van der Waals surface area contributed by atoms with Gasteiger partial charge in [-0.15, -0.1) is 0 Å². The summed E-state index contributed by atoms with van der Waals surface area (Å²) in [7, 11) is 1.72. The molecule has 0 fully saturated rings. The smallest absolute Gasteiger partial charge is 0.221 e. The number of thiophene rings is 1. The molecule has 19 heavy (non-hydrogen) atoms. The van der Waals surface area contributed by atoms with Crippen LogP contribution in [0.2, 0.25) is 0 Å². The molecule has 106 valence electrons. The molecule has 1 aromatic rings. The summed E-state index contributed by atoms with van der Waals surface area (Å²) in [5.41, 5.74) is 1.23. The van der Waals surface area contributed by atoms with Crippen LogP contribution in [0.3, 0.4) is 0 Å². The zero-order chi connectivity index (χ0) is 13.9. The van der Waals surface area contributed by atoms with Crippen LogP contribution in [0.4, 0.5) is 0 Å². The van der Waals surface area contributed by atoms with Crippen molar-refractivity contribution < 1.29 is 4.79 Å². The van der Waals surface area contributed by atoms with E-state index in [1.54, 1.807) is 18.4 Å². The third kappa shape index (κ3) is 6.81. The molecule has 5 nitrogen and oxygen atoms in total. The predicted octanol–water partition coefficient (Wildman–Crippen LogP) is 1.33. The monoisotopic (exact) mass is 282 g/mol. The third-order valence-electron chi connectivity index (χ3n) is 2.48. The maximum Gasteiger partial charge on any atom is 0.221 e. The molecule has 6 heteroatoms. The Bertz CT molecular complexity index is 389. The molecule has 0 saturated carbocycles. The molecule has 1 aromatic heterocycles. The van der Waals surface area contributed by atoms with Crippen molar-refractivity contribution in [1.82, 2.24) is 16.0 Å². The molecule has 0 spiro atoms. The van der Waals surface area contributed by atoms with Gasteiger partial charge in [0.15, 0.2) is 5.96 Å². The average Bonchev–Trinajstić information content (AvgIpc) is 2.93. The van der Waals surface area contributed by atoms with Crippen molar-refractivity contribution in [1.29, 1.82) is 0 Å². The highest BCUT2D eigenvalue weighted by molar-refractivity contribution is 7.07. The van der Waals surface area contributed by atoms with Crippen LogP contribution < -0.4 is 16.0 Å². The molecular formula is C13H22N4OS. The summed E-state index contributed by atoms with van der Waals surface area (Å²) in [5, 5.41) is 13.3. The minimum Gasteiger partial charge on any atom is -0.356 e. The highest BCUT2D eigenvalue weighted by Gasteiger charge is 2.02. The lowest BCUT2D eigenvalue weighted by molar-refractivity contribution is -0.120. The Kier molecular flexibility index (Phi) is 7.65. The van der Waals surface area contributed by atoms with Gasteiger partial charge < -0.3 is 16.0 Å². The van der Waals surface area contributed by atoms with Crippen molar-refractivity contribution in [3.05, 3.63) is 22.4 Å². The number of guanidine groups is 1. The summed E-state index contributed by atoms with van der Waals surface area (Å²) >= 11 is 1.67. The number of carbonyl (C=O) groups is 1. The Hall–Kier alpha value is -1.56. The number of amides is 1. The van der Waals surface area contributed by atoms with Crippen molar-refractivity contribution in [2.75, 3.05) is 20.1 Å². The number of aliphatic imine (C=N–C) groups is 1. The summed E-state index contributed by atoms with van der Waals surface area (Å²) in [6.07, 6.45) is 1.42. The minimum absolute atomic E-state index is 0.0719. The first kappa shape index (κ1) is 15.5. The Morgan fingerprint density at radius 3 is 2.79 bits per heavy atom. The van der Waals surface area contributed by atoms with Crippen molar-refractivity contribution in [2.24, 2.45) is 4.99 Å². The van der Waals surface area contributed by atoms with E-state index in [1.165, 1.54) is 5.56 Å². The predicted molar refractivity (Wildman–Crippen MR) is 80.4 cm³/mol. The quantitative estimate of drug-likeness (QED) is 0.522. The average molecular weight is 282 g/mol. The lowest BCUT2D eigenvalue weighted by atomic mass is 10.3. The molecule has 1 heterocycles. The first-order valence-electron chi connectivity index (χ1n) is 6.48. The summed E-state index contributed by atoms with van der Waals surface area (Å²) < 4.78 is 0. The minimum atomic E-state index is 0.0719. The van der Waals surface area contributed by atoms with E-state index in [9.17, 15) is 4.79 Å². The molecular weight excluding hydrogens is 260 g/mol. The first-order valence-corrected chi connectivity index (χ1v) is 7.42. The van der Waals surface area contributed by atoms with E-state index in [2.05, 4.69) is 32.4 Å². The second-order valence-corrected chi connectivity index (χ2v) is 4.86. The van der Waals surface area contributed by atoms with E-state index in [0.717, 1.165) is 25.5 Å². The Morgan fingerprint density at radius 1 is 1.32 bits per heavy atom. The Labute approximate surface area is 118 Å². The van der Waals surface area contributed by atoms with E-state index >= 15 is 0 Å². The van der Waals surface area contributed by atoms with Crippen molar-refractivity contribution in [3.8, 4) is 0 Å².